The highest BCUT2D eigenvalue weighted by atomic mass is 32.2. The third-order valence-electron chi connectivity index (χ3n) is 7.60. The standard InChI is InChI=1S/C26H23N5S.C7H9N.C7H8/c1-30(18-9-3-2-4-10-18)32-25-22(27)15-14-21-20-12-5-6-13-23(20)31(24(21)25)19-11-7-8-17(16-19)26(28)29;8-6-7-4-2-1-3-5-7;1-7-5-3-2-4-6-7/h2-16H,27H2,1H3,(H3,28,29);1-5H,6,8H2;2-6H,1H3. The van der Waals surface area contributed by atoms with Crippen molar-refractivity contribution in [3.8, 4) is 5.69 Å². The van der Waals surface area contributed by atoms with Crippen molar-refractivity contribution in [2.45, 2.75) is 18.4 Å². The fourth-order valence-electron chi connectivity index (χ4n) is 5.20. The lowest BCUT2D eigenvalue weighted by atomic mass is 10.1. The van der Waals surface area contributed by atoms with Gasteiger partial charge in [-0.05, 0) is 60.8 Å². The van der Waals surface area contributed by atoms with Crippen LogP contribution in [0.1, 0.15) is 16.7 Å². The van der Waals surface area contributed by atoms with Crippen molar-refractivity contribution in [2.24, 2.45) is 11.5 Å². The van der Waals surface area contributed by atoms with Gasteiger partial charge in [-0.25, -0.2) is 0 Å². The zero-order valence-corrected chi connectivity index (χ0v) is 27.5. The Labute approximate surface area is 281 Å². The molecule has 0 fully saturated rings. The predicted molar refractivity (Wildman–Crippen MR) is 202 cm³/mol. The third-order valence-corrected chi connectivity index (χ3v) is 8.70. The van der Waals surface area contributed by atoms with E-state index in [4.69, 9.17) is 22.6 Å². The van der Waals surface area contributed by atoms with Gasteiger partial charge in [-0.3, -0.25) is 5.41 Å². The van der Waals surface area contributed by atoms with Crippen LogP contribution in [0.3, 0.4) is 0 Å². The van der Waals surface area contributed by atoms with Gasteiger partial charge >= 0.3 is 0 Å². The van der Waals surface area contributed by atoms with E-state index in [-0.39, 0.29) is 5.84 Å². The summed E-state index contributed by atoms with van der Waals surface area (Å²) >= 11 is 1.61. The van der Waals surface area contributed by atoms with E-state index in [0.29, 0.717) is 12.1 Å². The van der Waals surface area contributed by atoms with E-state index < -0.39 is 0 Å². The highest BCUT2D eigenvalue weighted by molar-refractivity contribution is 8.01. The highest BCUT2D eigenvalue weighted by Crippen LogP contribution is 2.42. The van der Waals surface area contributed by atoms with Crippen molar-refractivity contribution < 1.29 is 0 Å². The number of aryl methyl sites for hydroxylation is 1. The van der Waals surface area contributed by atoms with Crippen molar-refractivity contribution in [3.05, 3.63) is 168 Å². The quantitative estimate of drug-likeness (QED) is 0.0631. The molecule has 0 aliphatic rings. The maximum atomic E-state index is 7.89. The SMILES string of the molecule is CN(Sc1c(N)ccc2c3ccccc3n(-c3cccc(C(=N)N)c3)c12)c1ccccc1.Cc1ccccc1.NCc1ccccc1. The molecule has 0 spiro atoms. The number of benzene rings is 6. The van der Waals surface area contributed by atoms with E-state index in [1.54, 1.807) is 11.9 Å². The van der Waals surface area contributed by atoms with Gasteiger partial charge in [0.15, 0.2) is 0 Å². The zero-order valence-electron chi connectivity index (χ0n) is 26.7. The molecule has 6 aromatic carbocycles. The topological polar surface area (TPSA) is 110 Å². The van der Waals surface area contributed by atoms with E-state index in [1.165, 1.54) is 11.1 Å². The first-order chi connectivity index (χ1) is 22.9. The molecule has 0 atom stereocenters. The number of rotatable bonds is 6. The molecule has 6 nitrogen and oxygen atoms in total. The summed E-state index contributed by atoms with van der Waals surface area (Å²) < 4.78 is 4.34. The minimum absolute atomic E-state index is 0.0468. The summed E-state index contributed by atoms with van der Waals surface area (Å²) in [6.45, 7) is 2.72. The zero-order chi connectivity index (χ0) is 33.2. The molecular formula is C40H40N6S. The number of nitrogen functional groups attached to an aromatic ring is 2. The monoisotopic (exact) mass is 636 g/mol. The Morgan fingerprint density at radius 3 is 1.94 bits per heavy atom. The van der Waals surface area contributed by atoms with Crippen LogP contribution in [-0.4, -0.2) is 17.5 Å². The molecule has 0 bridgehead atoms. The van der Waals surface area contributed by atoms with E-state index in [9.17, 15) is 0 Å². The number of aromatic nitrogens is 1. The van der Waals surface area contributed by atoms with Crippen molar-refractivity contribution in [2.75, 3.05) is 17.1 Å². The predicted octanol–water partition coefficient (Wildman–Crippen LogP) is 8.93. The Hall–Kier alpha value is -5.50. The maximum Gasteiger partial charge on any atom is 0.122 e. The maximum absolute atomic E-state index is 7.89. The largest absolute Gasteiger partial charge is 0.398 e. The van der Waals surface area contributed by atoms with Crippen molar-refractivity contribution in [3.63, 3.8) is 0 Å². The second-order valence-corrected chi connectivity index (χ2v) is 12.1. The summed E-state index contributed by atoms with van der Waals surface area (Å²) in [4.78, 5) is 0.985. The lowest BCUT2D eigenvalue weighted by Gasteiger charge is -2.20. The van der Waals surface area contributed by atoms with Gasteiger partial charge in [0, 0.05) is 47.0 Å². The first-order valence-corrected chi connectivity index (χ1v) is 16.1. The van der Waals surface area contributed by atoms with Gasteiger partial charge in [-0.2, -0.15) is 0 Å². The molecule has 47 heavy (non-hydrogen) atoms. The van der Waals surface area contributed by atoms with Crippen LogP contribution >= 0.6 is 11.9 Å². The summed E-state index contributed by atoms with van der Waals surface area (Å²) in [5, 5.41) is 10.2. The Morgan fingerprint density at radius 1 is 0.723 bits per heavy atom. The van der Waals surface area contributed by atoms with Crippen LogP contribution in [-0.2, 0) is 6.54 Å². The lowest BCUT2D eigenvalue weighted by Crippen LogP contribution is -2.11. The normalized spacial score (nSPS) is 10.4. The van der Waals surface area contributed by atoms with Crippen LogP contribution in [0.15, 0.2) is 157 Å². The van der Waals surface area contributed by atoms with Gasteiger partial charge in [0.25, 0.3) is 0 Å². The summed E-state index contributed by atoms with van der Waals surface area (Å²) in [5.74, 6) is 0.0468. The van der Waals surface area contributed by atoms with Gasteiger partial charge < -0.3 is 26.1 Å². The third kappa shape index (κ3) is 8.02. The Balaban J connectivity index is 0.000000236. The molecule has 7 heteroatoms. The summed E-state index contributed by atoms with van der Waals surface area (Å²) in [6.07, 6.45) is 0. The van der Waals surface area contributed by atoms with Gasteiger partial charge in [0.05, 0.1) is 15.9 Å². The number of anilines is 2. The molecule has 7 N–H and O–H groups in total. The number of fused-ring (bicyclic) bond motifs is 3. The molecule has 1 aromatic heterocycles. The van der Waals surface area contributed by atoms with E-state index >= 15 is 0 Å². The fraction of sp³-hybridized carbons (Fsp3) is 0.0750. The van der Waals surface area contributed by atoms with Crippen molar-refractivity contribution in [1.82, 2.24) is 4.57 Å². The molecule has 0 radical (unpaired) electrons. The summed E-state index contributed by atoms with van der Waals surface area (Å²) in [5.41, 5.74) is 25.8. The van der Waals surface area contributed by atoms with Crippen LogP contribution in [0.25, 0.3) is 27.5 Å². The number of nitrogens with two attached hydrogens (primary N) is 3. The molecule has 0 aliphatic heterocycles. The highest BCUT2D eigenvalue weighted by Gasteiger charge is 2.19. The van der Waals surface area contributed by atoms with Gasteiger partial charge in [-0.1, -0.05) is 121 Å². The fourth-order valence-corrected chi connectivity index (χ4v) is 6.16. The van der Waals surface area contributed by atoms with E-state index in [2.05, 4.69) is 64.3 Å². The van der Waals surface area contributed by atoms with Gasteiger partial charge in [0.1, 0.15) is 5.84 Å². The summed E-state index contributed by atoms with van der Waals surface area (Å²) in [7, 11) is 2.04. The average Bonchev–Trinajstić information content (AvgIpc) is 3.45. The summed E-state index contributed by atoms with van der Waals surface area (Å²) in [6, 6.07) is 50.7. The van der Waals surface area contributed by atoms with Crippen LogP contribution in [0.5, 0.6) is 0 Å². The smallest absolute Gasteiger partial charge is 0.122 e. The van der Waals surface area contributed by atoms with Gasteiger partial charge in [0.2, 0.25) is 0 Å². The van der Waals surface area contributed by atoms with Crippen LogP contribution in [0.4, 0.5) is 11.4 Å². The second-order valence-electron chi connectivity index (χ2n) is 11.0. The van der Waals surface area contributed by atoms with Crippen molar-refractivity contribution in [1.29, 1.82) is 5.41 Å². The minimum atomic E-state index is 0.0468. The number of amidine groups is 1. The molecule has 0 saturated heterocycles. The minimum Gasteiger partial charge on any atom is -0.398 e. The molecule has 0 saturated carbocycles. The number of nitrogens with one attached hydrogen (secondary N) is 1. The van der Waals surface area contributed by atoms with Crippen LogP contribution in [0, 0.1) is 12.3 Å². The van der Waals surface area contributed by atoms with E-state index in [1.807, 2.05) is 110 Å². The average molecular weight is 637 g/mol. The van der Waals surface area contributed by atoms with Gasteiger partial charge in [-0.15, -0.1) is 0 Å². The number of para-hydroxylation sites is 2. The number of hydrogen-bond donors (Lipinski definition) is 4. The first kappa shape index (κ1) is 32.9. The molecule has 0 amide bonds. The Kier molecular flexibility index (Phi) is 11.0. The molecule has 236 valence electrons. The Morgan fingerprint density at radius 2 is 1.34 bits per heavy atom. The van der Waals surface area contributed by atoms with E-state index in [0.717, 1.165) is 43.8 Å². The van der Waals surface area contributed by atoms with Crippen LogP contribution < -0.4 is 21.5 Å². The number of hydrogen-bond acceptors (Lipinski definition) is 5. The molecule has 0 unspecified atom stereocenters. The molecular weight excluding hydrogens is 597 g/mol. The Bertz CT molecular complexity index is 2060. The first-order valence-electron chi connectivity index (χ1n) is 15.4. The molecule has 1 heterocycles. The van der Waals surface area contributed by atoms with Crippen LogP contribution in [0.2, 0.25) is 0 Å². The lowest BCUT2D eigenvalue weighted by molar-refractivity contribution is 1.07. The van der Waals surface area contributed by atoms with Crippen molar-refractivity contribution >= 4 is 51.0 Å². The number of nitrogens with zero attached hydrogens (tertiary/aromatic N) is 2. The molecule has 0 aliphatic carbocycles. The second kappa shape index (κ2) is 15.7. The molecule has 7 rings (SSSR count). The molecule has 7 aromatic rings.